The van der Waals surface area contributed by atoms with E-state index in [4.69, 9.17) is 5.73 Å². The third-order valence-electron chi connectivity index (χ3n) is 2.96. The van der Waals surface area contributed by atoms with Gasteiger partial charge >= 0.3 is 0 Å². The van der Waals surface area contributed by atoms with Crippen LogP contribution in [-0.2, 0) is 0 Å². The molecule has 0 bridgehead atoms. The van der Waals surface area contributed by atoms with Gasteiger partial charge in [0.2, 0.25) is 0 Å². The number of aromatic nitrogens is 1. The number of carbonyl (C=O) groups is 1. The fourth-order valence-electron chi connectivity index (χ4n) is 2.00. The number of carbonyl (C=O) groups excluding carboxylic acids is 1. The van der Waals surface area contributed by atoms with Crippen LogP contribution < -0.4 is 10.6 Å². The summed E-state index contributed by atoms with van der Waals surface area (Å²) < 4.78 is 0. The molecule has 98 valence electrons. The fourth-order valence-corrected chi connectivity index (χ4v) is 2.00. The van der Waals surface area contributed by atoms with E-state index >= 15 is 0 Å². The van der Waals surface area contributed by atoms with Gasteiger partial charge in [-0.2, -0.15) is 0 Å². The molecule has 1 amide bonds. The van der Waals surface area contributed by atoms with Crippen LogP contribution in [-0.4, -0.2) is 17.4 Å². The Labute approximate surface area is 112 Å². The highest BCUT2D eigenvalue weighted by Gasteiger charge is 2.18. The molecule has 4 nitrogen and oxygen atoms in total. The van der Waals surface area contributed by atoms with Crippen LogP contribution in [0.1, 0.15) is 23.0 Å². The second kappa shape index (κ2) is 5.52. The fraction of sp³-hybridized carbons (Fsp3) is 0.200. The Balaban J connectivity index is 2.38. The van der Waals surface area contributed by atoms with Gasteiger partial charge in [-0.05, 0) is 37.6 Å². The van der Waals surface area contributed by atoms with E-state index in [2.05, 4.69) is 4.98 Å². The number of amides is 1. The first kappa shape index (κ1) is 13.1. The molecule has 1 aromatic heterocycles. The van der Waals surface area contributed by atoms with Crippen LogP contribution in [0, 0.1) is 6.92 Å². The van der Waals surface area contributed by atoms with Gasteiger partial charge in [0.05, 0.1) is 0 Å². The van der Waals surface area contributed by atoms with Gasteiger partial charge in [-0.15, -0.1) is 0 Å². The van der Waals surface area contributed by atoms with E-state index in [9.17, 15) is 4.79 Å². The first-order valence-corrected chi connectivity index (χ1v) is 6.23. The Hall–Kier alpha value is -2.36. The Kier molecular flexibility index (Phi) is 3.80. The number of nitrogens with two attached hydrogens (primary N) is 1. The Morgan fingerprint density at radius 1 is 1.21 bits per heavy atom. The zero-order chi connectivity index (χ0) is 13.8. The van der Waals surface area contributed by atoms with Crippen LogP contribution in [0.3, 0.4) is 0 Å². The van der Waals surface area contributed by atoms with Crippen molar-refractivity contribution in [3.8, 4) is 0 Å². The van der Waals surface area contributed by atoms with Crippen LogP contribution >= 0.6 is 0 Å². The Bertz CT molecular complexity index is 595. The summed E-state index contributed by atoms with van der Waals surface area (Å²) in [6.45, 7) is 4.51. The summed E-state index contributed by atoms with van der Waals surface area (Å²) >= 11 is 0. The minimum absolute atomic E-state index is 0.135. The molecule has 0 aliphatic carbocycles. The number of nitrogens with zero attached hydrogens (tertiary/aromatic N) is 2. The molecule has 0 atom stereocenters. The van der Waals surface area contributed by atoms with Crippen molar-refractivity contribution < 1.29 is 4.79 Å². The molecule has 0 saturated heterocycles. The molecule has 2 rings (SSSR count). The molecular formula is C15H17N3O. The van der Waals surface area contributed by atoms with Crippen LogP contribution in [0.4, 0.5) is 11.5 Å². The third-order valence-corrected chi connectivity index (χ3v) is 2.96. The normalized spacial score (nSPS) is 10.2. The Morgan fingerprint density at radius 3 is 2.58 bits per heavy atom. The predicted molar refractivity (Wildman–Crippen MR) is 77.2 cm³/mol. The number of hydrogen-bond donors (Lipinski definition) is 1. The molecule has 0 unspecified atom stereocenters. The smallest absolute Gasteiger partial charge is 0.276 e. The van der Waals surface area contributed by atoms with Crippen molar-refractivity contribution in [2.24, 2.45) is 0 Å². The van der Waals surface area contributed by atoms with Gasteiger partial charge in [0.25, 0.3) is 5.91 Å². The summed E-state index contributed by atoms with van der Waals surface area (Å²) in [6.07, 6.45) is 0. The van der Waals surface area contributed by atoms with Crippen molar-refractivity contribution in [3.05, 3.63) is 53.7 Å². The SMILES string of the molecule is CCN(C(=O)c1cccc(N)n1)c1ccccc1C. The quantitative estimate of drug-likeness (QED) is 0.917. The monoisotopic (exact) mass is 255 g/mol. The van der Waals surface area contributed by atoms with Gasteiger partial charge in [-0.25, -0.2) is 4.98 Å². The lowest BCUT2D eigenvalue weighted by atomic mass is 10.1. The van der Waals surface area contributed by atoms with Crippen molar-refractivity contribution in [2.45, 2.75) is 13.8 Å². The molecule has 19 heavy (non-hydrogen) atoms. The van der Waals surface area contributed by atoms with Gasteiger partial charge < -0.3 is 10.6 Å². The van der Waals surface area contributed by atoms with Gasteiger partial charge in [0.1, 0.15) is 11.5 Å². The zero-order valence-electron chi connectivity index (χ0n) is 11.1. The number of nitrogen functional groups attached to an aromatic ring is 1. The highest BCUT2D eigenvalue weighted by atomic mass is 16.2. The number of para-hydroxylation sites is 1. The minimum Gasteiger partial charge on any atom is -0.384 e. The number of hydrogen-bond acceptors (Lipinski definition) is 3. The van der Waals surface area contributed by atoms with Crippen LogP contribution in [0.2, 0.25) is 0 Å². The lowest BCUT2D eigenvalue weighted by Crippen LogP contribution is -2.32. The number of pyridine rings is 1. The van der Waals surface area contributed by atoms with E-state index in [1.165, 1.54) is 0 Å². The van der Waals surface area contributed by atoms with Crippen molar-refractivity contribution in [3.63, 3.8) is 0 Å². The average molecular weight is 255 g/mol. The summed E-state index contributed by atoms with van der Waals surface area (Å²) in [5.41, 5.74) is 7.95. The van der Waals surface area contributed by atoms with Crippen molar-refractivity contribution in [1.82, 2.24) is 4.98 Å². The second-order valence-corrected chi connectivity index (χ2v) is 4.28. The van der Waals surface area contributed by atoms with Crippen LogP contribution in [0.15, 0.2) is 42.5 Å². The van der Waals surface area contributed by atoms with Crippen molar-refractivity contribution >= 4 is 17.4 Å². The lowest BCUT2D eigenvalue weighted by Gasteiger charge is -2.22. The lowest BCUT2D eigenvalue weighted by molar-refractivity contribution is 0.0983. The summed E-state index contributed by atoms with van der Waals surface area (Å²) in [4.78, 5) is 18.3. The first-order chi connectivity index (χ1) is 9.13. The molecule has 0 radical (unpaired) electrons. The molecule has 0 saturated carbocycles. The summed E-state index contributed by atoms with van der Waals surface area (Å²) in [6, 6.07) is 12.9. The maximum Gasteiger partial charge on any atom is 0.276 e. The van der Waals surface area contributed by atoms with Gasteiger partial charge in [0, 0.05) is 12.2 Å². The van der Waals surface area contributed by atoms with Gasteiger partial charge in [0.15, 0.2) is 0 Å². The molecule has 0 aliphatic rings. The first-order valence-electron chi connectivity index (χ1n) is 6.23. The van der Waals surface area contributed by atoms with Crippen LogP contribution in [0.25, 0.3) is 0 Å². The molecule has 2 aromatic rings. The topological polar surface area (TPSA) is 59.2 Å². The number of rotatable bonds is 3. The van der Waals surface area contributed by atoms with E-state index in [1.54, 1.807) is 23.1 Å². The highest BCUT2D eigenvalue weighted by molar-refractivity contribution is 6.05. The highest BCUT2D eigenvalue weighted by Crippen LogP contribution is 2.21. The molecule has 0 aliphatic heterocycles. The van der Waals surface area contributed by atoms with Crippen LogP contribution in [0.5, 0.6) is 0 Å². The van der Waals surface area contributed by atoms with E-state index in [0.29, 0.717) is 18.1 Å². The van der Waals surface area contributed by atoms with Gasteiger partial charge in [-0.3, -0.25) is 4.79 Å². The van der Waals surface area contributed by atoms with E-state index < -0.39 is 0 Å². The largest absolute Gasteiger partial charge is 0.384 e. The maximum absolute atomic E-state index is 12.5. The molecule has 2 N–H and O–H groups in total. The second-order valence-electron chi connectivity index (χ2n) is 4.28. The number of aryl methyl sites for hydroxylation is 1. The minimum atomic E-state index is -0.135. The summed E-state index contributed by atoms with van der Waals surface area (Å²) in [7, 11) is 0. The molecule has 1 aromatic carbocycles. The van der Waals surface area contributed by atoms with E-state index in [0.717, 1.165) is 11.3 Å². The maximum atomic E-state index is 12.5. The molecule has 1 heterocycles. The van der Waals surface area contributed by atoms with Gasteiger partial charge in [-0.1, -0.05) is 24.3 Å². The summed E-state index contributed by atoms with van der Waals surface area (Å²) in [5.74, 6) is 0.218. The van der Waals surface area contributed by atoms with E-state index in [-0.39, 0.29) is 5.91 Å². The molecule has 0 fully saturated rings. The molecule has 0 spiro atoms. The third kappa shape index (κ3) is 2.73. The average Bonchev–Trinajstić information content (AvgIpc) is 2.41. The molecule has 4 heteroatoms. The summed E-state index contributed by atoms with van der Waals surface area (Å²) in [5, 5.41) is 0. The molecular weight excluding hydrogens is 238 g/mol. The number of anilines is 2. The van der Waals surface area contributed by atoms with Crippen molar-refractivity contribution in [1.29, 1.82) is 0 Å². The zero-order valence-corrected chi connectivity index (χ0v) is 11.1. The Morgan fingerprint density at radius 2 is 1.95 bits per heavy atom. The predicted octanol–water partition coefficient (Wildman–Crippen LogP) is 2.64. The van der Waals surface area contributed by atoms with E-state index in [1.807, 2.05) is 38.1 Å². The standard InChI is InChI=1S/C15H17N3O/c1-3-18(13-9-5-4-7-11(13)2)15(19)12-8-6-10-14(16)17-12/h4-10H,3H2,1-2H3,(H2,16,17). The number of benzene rings is 1. The van der Waals surface area contributed by atoms with Crippen molar-refractivity contribution in [2.75, 3.05) is 17.2 Å².